The Labute approximate surface area is 302 Å². The maximum atomic E-state index is 11.7. The van der Waals surface area contributed by atoms with Gasteiger partial charge in [0.2, 0.25) is 0 Å². The Hall–Kier alpha value is 1.11. The van der Waals surface area contributed by atoms with Gasteiger partial charge >= 0.3 is 0 Å². The highest BCUT2D eigenvalue weighted by Gasteiger charge is 2.23. The van der Waals surface area contributed by atoms with Gasteiger partial charge in [-0.2, -0.15) is 0 Å². The van der Waals surface area contributed by atoms with Crippen LogP contribution in [0.15, 0.2) is 0 Å². The van der Waals surface area contributed by atoms with Crippen molar-refractivity contribution in [2.24, 2.45) is 16.2 Å². The summed E-state index contributed by atoms with van der Waals surface area (Å²) in [7, 11) is 12.1. The lowest BCUT2D eigenvalue weighted by atomic mass is 9.88. The minimum atomic E-state index is -0.141. The van der Waals surface area contributed by atoms with Crippen LogP contribution in [0.25, 0.3) is 0 Å². The van der Waals surface area contributed by atoms with Gasteiger partial charge in [0.25, 0.3) is 0 Å². The predicted molar refractivity (Wildman–Crippen MR) is 214 cm³/mol. The first-order valence-electron chi connectivity index (χ1n) is 17.4. The van der Waals surface area contributed by atoms with Crippen LogP contribution in [-0.4, -0.2) is 50.4 Å². The molecular weight excluding hydrogens is 673 g/mol. The zero-order valence-corrected chi connectivity index (χ0v) is 35.0. The minimum absolute atomic E-state index is 0.141. The molecule has 0 saturated carbocycles. The lowest BCUT2D eigenvalue weighted by Gasteiger charge is -2.16. The third kappa shape index (κ3) is 22.4. The van der Waals surface area contributed by atoms with E-state index in [2.05, 4.69) is 0 Å². The van der Waals surface area contributed by atoms with Crippen molar-refractivity contribution in [1.82, 2.24) is 0 Å². The fourth-order valence-electron chi connectivity index (χ4n) is 4.79. The molecule has 0 aromatic carbocycles. The van der Waals surface area contributed by atoms with Crippen molar-refractivity contribution in [3.8, 4) is 0 Å². The normalized spacial score (nSPS) is 21.9. The van der Waals surface area contributed by atoms with Crippen molar-refractivity contribution in [3.05, 3.63) is 0 Å². The number of hydrogen-bond acceptors (Lipinski definition) is 9. The average molecular weight is 739 g/mol. The molecule has 0 spiro atoms. The quantitative estimate of drug-likeness (QED) is 0.121. The Bertz CT molecular complexity index is 716. The third-order valence-corrected chi connectivity index (χ3v) is 17.3. The van der Waals surface area contributed by atoms with Crippen molar-refractivity contribution in [1.29, 1.82) is 0 Å². The van der Waals surface area contributed by atoms with E-state index in [-0.39, 0.29) is 16.2 Å². The summed E-state index contributed by atoms with van der Waals surface area (Å²) in [6, 6.07) is 0. The first-order valence-corrected chi connectivity index (χ1v) is 24.6. The van der Waals surface area contributed by atoms with Gasteiger partial charge in [-0.15, -0.1) is 0 Å². The summed E-state index contributed by atoms with van der Waals surface area (Å²) in [5.74, 6) is 5.19. The number of unbranched alkanes of at least 4 members (excludes halogenated alkanes) is 3. The molecule has 2 unspecified atom stereocenters. The summed E-state index contributed by atoms with van der Waals surface area (Å²) < 4.78 is 0. The zero-order chi connectivity index (χ0) is 33.9. The van der Waals surface area contributed by atoms with E-state index in [4.69, 9.17) is 0 Å². The smallest absolute Gasteiger partial charge is 0.138 e. The van der Waals surface area contributed by atoms with Gasteiger partial charge in [0.05, 0.1) is 0 Å². The lowest BCUT2D eigenvalue weighted by Crippen LogP contribution is -2.19. The molecule has 9 heteroatoms. The molecule has 3 aliphatic heterocycles. The Morgan fingerprint density at radius 3 is 0.867 bits per heavy atom. The molecule has 3 aliphatic rings. The van der Waals surface area contributed by atoms with E-state index in [1.807, 2.05) is 127 Å². The van der Waals surface area contributed by atoms with Crippen LogP contribution in [0, 0.1) is 16.2 Å². The molecule has 264 valence electrons. The third-order valence-electron chi connectivity index (χ3n) is 8.23. The number of Topliss-reactive ketones (excluding diaryl/α,β-unsaturated/α-hetero) is 3. The molecule has 0 aliphatic carbocycles. The topological polar surface area (TPSA) is 51.2 Å². The zero-order valence-electron chi connectivity index (χ0n) is 30.1. The van der Waals surface area contributed by atoms with E-state index in [1.54, 1.807) is 0 Å². The monoisotopic (exact) mass is 738 g/mol. The largest absolute Gasteiger partial charge is 0.299 e. The molecule has 0 aromatic heterocycles. The maximum Gasteiger partial charge on any atom is 0.138 e. The van der Waals surface area contributed by atoms with Crippen LogP contribution in [0.3, 0.4) is 0 Å². The molecular formula is C36H66O3S6. The van der Waals surface area contributed by atoms with E-state index >= 15 is 0 Å². The van der Waals surface area contributed by atoms with Crippen LogP contribution in [-0.2, 0) is 14.4 Å². The second kappa shape index (κ2) is 23.5. The first-order chi connectivity index (χ1) is 21.0. The van der Waals surface area contributed by atoms with E-state index in [0.717, 1.165) is 54.3 Å². The molecule has 3 saturated heterocycles. The molecule has 3 fully saturated rings. The molecule has 0 N–H and O–H groups in total. The van der Waals surface area contributed by atoms with Crippen molar-refractivity contribution in [2.45, 2.75) is 174 Å². The fourth-order valence-corrected chi connectivity index (χ4v) is 13.9. The van der Waals surface area contributed by atoms with Crippen LogP contribution < -0.4 is 0 Å². The Balaban J connectivity index is 0.000000337. The summed E-state index contributed by atoms with van der Waals surface area (Å²) in [6.07, 6.45) is 17.2. The van der Waals surface area contributed by atoms with Gasteiger partial charge in [-0.3, -0.25) is 14.4 Å². The highest BCUT2D eigenvalue weighted by molar-refractivity contribution is 8.78. The second-order valence-electron chi connectivity index (χ2n) is 15.7. The standard InChI is InChI=1S/3C12H22OS2/c3*1-12(2,3)11(13)7-5-4-6-10-8-9-14-15-10/h3*10H,4-9H2,1-3H3/t10-;;/m0../s1. The van der Waals surface area contributed by atoms with Gasteiger partial charge in [-0.1, -0.05) is 146 Å². The number of carbonyl (C=O) groups is 3. The fraction of sp³-hybridized carbons (Fsp3) is 0.917. The number of hydrogen-bond donors (Lipinski definition) is 0. The number of ketones is 3. The highest BCUT2D eigenvalue weighted by atomic mass is 33.1. The van der Waals surface area contributed by atoms with Crippen LogP contribution in [0.2, 0.25) is 0 Å². The van der Waals surface area contributed by atoms with E-state index < -0.39 is 0 Å². The Kier molecular flexibility index (Phi) is 23.0. The molecule has 3 nitrogen and oxygen atoms in total. The average Bonchev–Trinajstić information content (AvgIpc) is 3.75. The summed E-state index contributed by atoms with van der Waals surface area (Å²) in [5.41, 5.74) is -0.423. The molecule has 0 aromatic rings. The van der Waals surface area contributed by atoms with Gasteiger partial charge in [0, 0.05) is 68.5 Å². The minimum Gasteiger partial charge on any atom is -0.299 e. The highest BCUT2D eigenvalue weighted by Crippen LogP contribution is 2.41. The van der Waals surface area contributed by atoms with Gasteiger partial charge in [0.15, 0.2) is 0 Å². The van der Waals surface area contributed by atoms with Crippen LogP contribution >= 0.6 is 64.8 Å². The predicted octanol–water partition coefficient (Wildman–Crippen LogP) is 12.9. The molecule has 3 rings (SSSR count). The summed E-state index contributed by atoms with van der Waals surface area (Å²) in [5, 5.41) is 2.58. The number of rotatable bonds is 15. The number of carbonyl (C=O) groups excluding carboxylic acids is 3. The van der Waals surface area contributed by atoms with Crippen molar-refractivity contribution < 1.29 is 14.4 Å². The van der Waals surface area contributed by atoms with E-state index in [9.17, 15) is 14.4 Å². The van der Waals surface area contributed by atoms with Gasteiger partial charge in [0.1, 0.15) is 17.3 Å². The van der Waals surface area contributed by atoms with E-state index in [1.165, 1.54) is 75.0 Å². The Morgan fingerprint density at radius 2 is 0.689 bits per heavy atom. The summed E-state index contributed by atoms with van der Waals surface area (Å²) >= 11 is 0. The molecule has 0 bridgehead atoms. The van der Waals surface area contributed by atoms with E-state index in [0.29, 0.717) is 17.3 Å². The van der Waals surface area contributed by atoms with Gasteiger partial charge in [-0.25, -0.2) is 0 Å². The van der Waals surface area contributed by atoms with Crippen LogP contribution in [0.1, 0.15) is 159 Å². The van der Waals surface area contributed by atoms with Crippen LogP contribution in [0.4, 0.5) is 0 Å². The summed E-state index contributed by atoms with van der Waals surface area (Å²) in [4.78, 5) is 35.0. The van der Waals surface area contributed by atoms with Crippen molar-refractivity contribution >= 4 is 82.1 Å². The maximum absolute atomic E-state index is 11.7. The second-order valence-corrected chi connectivity index (χ2v) is 24.1. The molecule has 3 atom stereocenters. The first kappa shape index (κ1) is 44.1. The van der Waals surface area contributed by atoms with Gasteiger partial charge in [-0.05, 0) is 57.8 Å². The Morgan fingerprint density at radius 1 is 0.444 bits per heavy atom. The summed E-state index contributed by atoms with van der Waals surface area (Å²) in [6.45, 7) is 18.1. The van der Waals surface area contributed by atoms with Gasteiger partial charge < -0.3 is 0 Å². The molecule has 3 heterocycles. The molecule has 45 heavy (non-hydrogen) atoms. The van der Waals surface area contributed by atoms with Crippen molar-refractivity contribution in [3.63, 3.8) is 0 Å². The lowest BCUT2D eigenvalue weighted by molar-refractivity contribution is -0.127. The molecule has 0 amide bonds. The van der Waals surface area contributed by atoms with Crippen LogP contribution in [0.5, 0.6) is 0 Å². The SMILES string of the molecule is CC(C)(C)C(=O)CCCCC1CCSS1.CC(C)(C)C(=O)CCCCC1CCSS1.CC(C)(C)C(=O)CCCC[C@H]1CCSS1. The molecule has 0 radical (unpaired) electrons. The van der Waals surface area contributed by atoms with Crippen molar-refractivity contribution in [2.75, 3.05) is 17.3 Å².